The van der Waals surface area contributed by atoms with Gasteiger partial charge in [-0.3, -0.25) is 10.1 Å². The Hall–Kier alpha value is -1.56. The highest BCUT2D eigenvalue weighted by Crippen LogP contribution is 2.36. The van der Waals surface area contributed by atoms with E-state index in [1.54, 1.807) is 0 Å². The molecular weight excluding hydrogens is 278 g/mol. The maximum Gasteiger partial charge on any atom is 0.269 e. The number of nitro benzene ring substituents is 1. The second-order valence-electron chi connectivity index (χ2n) is 5.54. The number of hydrogen-bond acceptors (Lipinski definition) is 3. The van der Waals surface area contributed by atoms with Crippen LogP contribution in [0.4, 0.5) is 14.5 Å². The number of halogens is 2. The summed E-state index contributed by atoms with van der Waals surface area (Å²) in [5, 5.41) is 14.1. The molecule has 1 fully saturated rings. The Balaban J connectivity index is 2.18. The molecule has 1 aromatic carbocycles. The summed E-state index contributed by atoms with van der Waals surface area (Å²) in [6, 6.07) is 3.97. The summed E-state index contributed by atoms with van der Waals surface area (Å²) in [4.78, 5) is 10.1. The third-order valence-corrected chi connectivity index (χ3v) is 3.86. The number of nitrogens with one attached hydrogen (secondary N) is 1. The SMILES string of the molecule is CCCNC(Cc1ccc([N+](=O)[O-])cc1C(F)F)C1CC1. The Morgan fingerprint density at radius 1 is 1.43 bits per heavy atom. The molecule has 1 saturated carbocycles. The van der Waals surface area contributed by atoms with Crippen molar-refractivity contribution < 1.29 is 13.7 Å². The summed E-state index contributed by atoms with van der Waals surface area (Å²) in [5.41, 5.74) is 0.0165. The normalized spacial score (nSPS) is 16.2. The van der Waals surface area contributed by atoms with Gasteiger partial charge in [0.2, 0.25) is 0 Å². The second kappa shape index (κ2) is 6.93. The van der Waals surface area contributed by atoms with Crippen LogP contribution in [0.5, 0.6) is 0 Å². The average Bonchev–Trinajstić information content (AvgIpc) is 3.27. The van der Waals surface area contributed by atoms with Crippen molar-refractivity contribution in [2.24, 2.45) is 5.92 Å². The van der Waals surface area contributed by atoms with Gasteiger partial charge >= 0.3 is 0 Å². The highest BCUT2D eigenvalue weighted by molar-refractivity contribution is 5.41. The number of alkyl halides is 2. The van der Waals surface area contributed by atoms with Gasteiger partial charge in [-0.25, -0.2) is 8.78 Å². The van der Waals surface area contributed by atoms with Gasteiger partial charge in [0.15, 0.2) is 0 Å². The van der Waals surface area contributed by atoms with Crippen LogP contribution in [0.3, 0.4) is 0 Å². The van der Waals surface area contributed by atoms with Gasteiger partial charge in [0.25, 0.3) is 12.1 Å². The number of nitrogens with zero attached hydrogens (tertiary/aromatic N) is 1. The number of rotatable bonds is 8. The van der Waals surface area contributed by atoms with E-state index in [-0.39, 0.29) is 17.3 Å². The lowest BCUT2D eigenvalue weighted by molar-refractivity contribution is -0.385. The van der Waals surface area contributed by atoms with Gasteiger partial charge in [-0.05, 0) is 43.7 Å². The van der Waals surface area contributed by atoms with Crippen molar-refractivity contribution in [1.82, 2.24) is 5.32 Å². The van der Waals surface area contributed by atoms with Gasteiger partial charge in [-0.1, -0.05) is 13.0 Å². The summed E-state index contributed by atoms with van der Waals surface area (Å²) in [7, 11) is 0. The summed E-state index contributed by atoms with van der Waals surface area (Å²) >= 11 is 0. The first-order chi connectivity index (χ1) is 10.0. The minimum absolute atomic E-state index is 0.184. The zero-order valence-corrected chi connectivity index (χ0v) is 12.0. The molecule has 0 bridgehead atoms. The van der Waals surface area contributed by atoms with Gasteiger partial charge in [0.05, 0.1) is 4.92 Å². The second-order valence-corrected chi connectivity index (χ2v) is 5.54. The molecule has 6 heteroatoms. The molecule has 116 valence electrons. The molecule has 0 aromatic heterocycles. The highest BCUT2D eigenvalue weighted by atomic mass is 19.3. The van der Waals surface area contributed by atoms with E-state index >= 15 is 0 Å². The van der Waals surface area contributed by atoms with Crippen LogP contribution in [0.15, 0.2) is 18.2 Å². The van der Waals surface area contributed by atoms with Crippen LogP contribution in [-0.4, -0.2) is 17.5 Å². The van der Waals surface area contributed by atoms with E-state index in [0.29, 0.717) is 17.9 Å². The molecular formula is C15H20F2N2O2. The van der Waals surface area contributed by atoms with Gasteiger partial charge in [0, 0.05) is 23.7 Å². The van der Waals surface area contributed by atoms with Crippen molar-refractivity contribution in [3.8, 4) is 0 Å². The Labute approximate surface area is 122 Å². The van der Waals surface area contributed by atoms with E-state index in [9.17, 15) is 18.9 Å². The van der Waals surface area contributed by atoms with E-state index in [1.807, 2.05) is 0 Å². The Bertz CT molecular complexity index is 504. The largest absolute Gasteiger partial charge is 0.313 e. The van der Waals surface area contributed by atoms with Crippen molar-refractivity contribution in [3.05, 3.63) is 39.4 Å². The maximum atomic E-state index is 13.1. The Morgan fingerprint density at radius 2 is 2.14 bits per heavy atom. The first kappa shape index (κ1) is 15.8. The summed E-state index contributed by atoms with van der Waals surface area (Å²) in [6.45, 7) is 2.92. The summed E-state index contributed by atoms with van der Waals surface area (Å²) < 4.78 is 26.3. The van der Waals surface area contributed by atoms with E-state index in [0.717, 1.165) is 31.9 Å². The lowest BCUT2D eigenvalue weighted by Gasteiger charge is -2.19. The molecule has 1 N–H and O–H groups in total. The molecule has 0 saturated heterocycles. The third kappa shape index (κ3) is 4.20. The summed E-state index contributed by atoms with van der Waals surface area (Å²) in [5.74, 6) is 0.539. The lowest BCUT2D eigenvalue weighted by Crippen LogP contribution is -2.34. The highest BCUT2D eigenvalue weighted by Gasteiger charge is 2.32. The standard InChI is InChI=1S/C15H20F2N2O2/c1-2-7-18-14(10-3-4-10)8-11-5-6-12(19(20)21)9-13(11)15(16)17/h5-6,9-10,14-15,18H,2-4,7-8H2,1H3. The van der Waals surface area contributed by atoms with Crippen molar-refractivity contribution in [1.29, 1.82) is 0 Å². The van der Waals surface area contributed by atoms with Gasteiger partial charge in [-0.2, -0.15) is 0 Å². The zero-order valence-electron chi connectivity index (χ0n) is 12.0. The molecule has 0 spiro atoms. The molecule has 2 rings (SSSR count). The quantitative estimate of drug-likeness (QED) is 0.586. The first-order valence-corrected chi connectivity index (χ1v) is 7.31. The molecule has 0 radical (unpaired) electrons. The van der Waals surface area contributed by atoms with Crippen molar-refractivity contribution in [2.75, 3.05) is 6.54 Å². The fraction of sp³-hybridized carbons (Fsp3) is 0.600. The van der Waals surface area contributed by atoms with Crippen LogP contribution in [0.25, 0.3) is 0 Å². The lowest BCUT2D eigenvalue weighted by atomic mass is 9.97. The Morgan fingerprint density at radius 3 is 2.67 bits per heavy atom. The summed E-state index contributed by atoms with van der Waals surface area (Å²) in [6.07, 6.45) is 1.05. The molecule has 0 heterocycles. The fourth-order valence-electron chi connectivity index (χ4n) is 2.56. The van der Waals surface area contributed by atoms with E-state index in [4.69, 9.17) is 0 Å². The van der Waals surface area contributed by atoms with Crippen LogP contribution in [-0.2, 0) is 6.42 Å². The predicted octanol–water partition coefficient (Wildman–Crippen LogP) is 3.85. The van der Waals surface area contributed by atoms with E-state index in [1.165, 1.54) is 12.1 Å². The average molecular weight is 298 g/mol. The molecule has 1 unspecified atom stereocenters. The van der Waals surface area contributed by atoms with E-state index in [2.05, 4.69) is 12.2 Å². The smallest absolute Gasteiger partial charge is 0.269 e. The molecule has 1 atom stereocenters. The van der Waals surface area contributed by atoms with Gasteiger partial charge < -0.3 is 5.32 Å². The van der Waals surface area contributed by atoms with Crippen LogP contribution >= 0.6 is 0 Å². The number of hydrogen-bond donors (Lipinski definition) is 1. The zero-order chi connectivity index (χ0) is 15.4. The number of non-ortho nitro benzene ring substituents is 1. The monoisotopic (exact) mass is 298 g/mol. The fourth-order valence-corrected chi connectivity index (χ4v) is 2.56. The molecule has 1 aliphatic rings. The predicted molar refractivity (Wildman–Crippen MR) is 76.6 cm³/mol. The molecule has 1 aromatic rings. The Kier molecular flexibility index (Phi) is 5.22. The van der Waals surface area contributed by atoms with Crippen molar-refractivity contribution in [2.45, 2.75) is 45.1 Å². The number of nitro groups is 1. The van der Waals surface area contributed by atoms with Crippen LogP contribution in [0, 0.1) is 16.0 Å². The van der Waals surface area contributed by atoms with Gasteiger partial charge in [-0.15, -0.1) is 0 Å². The van der Waals surface area contributed by atoms with Crippen LogP contribution in [0.1, 0.15) is 43.7 Å². The topological polar surface area (TPSA) is 55.2 Å². The molecule has 0 aliphatic heterocycles. The van der Waals surface area contributed by atoms with Crippen LogP contribution in [0.2, 0.25) is 0 Å². The molecule has 1 aliphatic carbocycles. The first-order valence-electron chi connectivity index (χ1n) is 7.31. The minimum atomic E-state index is -2.69. The van der Waals surface area contributed by atoms with E-state index < -0.39 is 11.3 Å². The minimum Gasteiger partial charge on any atom is -0.313 e. The molecule has 4 nitrogen and oxygen atoms in total. The van der Waals surface area contributed by atoms with Crippen LogP contribution < -0.4 is 5.32 Å². The van der Waals surface area contributed by atoms with Crippen molar-refractivity contribution >= 4 is 5.69 Å². The third-order valence-electron chi connectivity index (χ3n) is 3.86. The number of benzene rings is 1. The van der Waals surface area contributed by atoms with Gasteiger partial charge in [0.1, 0.15) is 0 Å². The maximum absolute atomic E-state index is 13.1. The van der Waals surface area contributed by atoms with Crippen molar-refractivity contribution in [3.63, 3.8) is 0 Å². The molecule has 21 heavy (non-hydrogen) atoms. The molecule has 0 amide bonds.